The lowest BCUT2D eigenvalue weighted by atomic mass is 10.2. The van der Waals surface area contributed by atoms with E-state index < -0.39 is 0 Å². The molecular formula is C12H19N2O2. The third-order valence-corrected chi connectivity index (χ3v) is 2.25. The average molecular weight is 223 g/mol. The molecule has 0 bridgehead atoms. The van der Waals surface area contributed by atoms with Gasteiger partial charge in [0.25, 0.3) is 0 Å². The maximum atomic E-state index is 11.2. The third kappa shape index (κ3) is 4.47. The van der Waals surface area contributed by atoms with Crippen LogP contribution in [-0.2, 0) is 16.1 Å². The molecule has 4 heteroatoms. The number of ether oxygens (including phenoxy) is 1. The summed E-state index contributed by atoms with van der Waals surface area (Å²) in [6.07, 6.45) is 6.92. The van der Waals surface area contributed by atoms with Gasteiger partial charge in [-0.15, -0.1) is 0 Å². The monoisotopic (exact) mass is 223 g/mol. The molecule has 0 amide bonds. The van der Waals surface area contributed by atoms with Gasteiger partial charge < -0.3 is 9.30 Å². The molecular weight excluding hydrogens is 204 g/mol. The van der Waals surface area contributed by atoms with Crippen LogP contribution in [0.3, 0.4) is 0 Å². The first-order valence-electron chi connectivity index (χ1n) is 5.69. The number of carbonyl (C=O) groups excluding carboxylic acids is 1. The summed E-state index contributed by atoms with van der Waals surface area (Å²) in [7, 11) is 0. The van der Waals surface area contributed by atoms with Gasteiger partial charge in [0.05, 0.1) is 6.10 Å². The van der Waals surface area contributed by atoms with Gasteiger partial charge in [-0.1, -0.05) is 0 Å². The summed E-state index contributed by atoms with van der Waals surface area (Å²) in [4.78, 5) is 15.3. The van der Waals surface area contributed by atoms with Crippen molar-refractivity contribution in [2.45, 2.75) is 52.7 Å². The second kappa shape index (κ2) is 6.30. The molecule has 0 aromatic carbocycles. The molecule has 1 rings (SSSR count). The first kappa shape index (κ1) is 12.7. The summed E-state index contributed by atoms with van der Waals surface area (Å²) < 4.78 is 7.08. The van der Waals surface area contributed by atoms with Gasteiger partial charge in [0.15, 0.2) is 0 Å². The van der Waals surface area contributed by atoms with E-state index in [4.69, 9.17) is 4.74 Å². The molecule has 1 heterocycles. The predicted octanol–water partition coefficient (Wildman–Crippen LogP) is 2.11. The molecule has 1 radical (unpaired) electrons. The Kier molecular flexibility index (Phi) is 5.02. The smallest absolute Gasteiger partial charge is 0.306 e. The number of aromatic nitrogens is 2. The van der Waals surface area contributed by atoms with Gasteiger partial charge in [-0.05, 0) is 33.6 Å². The molecule has 0 spiro atoms. The number of hydrogen-bond acceptors (Lipinski definition) is 3. The van der Waals surface area contributed by atoms with Crippen LogP contribution >= 0.6 is 0 Å². The molecule has 0 atom stereocenters. The van der Waals surface area contributed by atoms with Crippen LogP contribution in [0.5, 0.6) is 0 Å². The van der Waals surface area contributed by atoms with Crippen molar-refractivity contribution in [3.63, 3.8) is 0 Å². The van der Waals surface area contributed by atoms with Gasteiger partial charge in [-0.2, -0.15) is 0 Å². The second-order valence-electron chi connectivity index (χ2n) is 4.11. The molecule has 0 unspecified atom stereocenters. The van der Waals surface area contributed by atoms with E-state index in [-0.39, 0.29) is 12.1 Å². The Morgan fingerprint density at radius 3 is 2.88 bits per heavy atom. The summed E-state index contributed by atoms with van der Waals surface area (Å²) >= 11 is 0. The van der Waals surface area contributed by atoms with Crippen LogP contribution in [0.4, 0.5) is 0 Å². The number of rotatable bonds is 6. The highest BCUT2D eigenvalue weighted by Gasteiger charge is 2.05. The van der Waals surface area contributed by atoms with Gasteiger partial charge in [0, 0.05) is 19.2 Å². The molecule has 0 N–H and O–H groups in total. The number of carbonyl (C=O) groups is 1. The molecule has 89 valence electrons. The van der Waals surface area contributed by atoms with E-state index in [0.717, 1.165) is 25.2 Å². The molecule has 0 aliphatic heterocycles. The normalized spacial score (nSPS) is 10.8. The van der Waals surface area contributed by atoms with E-state index in [9.17, 15) is 4.79 Å². The predicted molar refractivity (Wildman–Crippen MR) is 60.9 cm³/mol. The Morgan fingerprint density at radius 1 is 1.56 bits per heavy atom. The van der Waals surface area contributed by atoms with Gasteiger partial charge in [0.1, 0.15) is 12.0 Å². The zero-order valence-electron chi connectivity index (χ0n) is 10.2. The van der Waals surface area contributed by atoms with Crippen molar-refractivity contribution >= 4 is 5.97 Å². The first-order chi connectivity index (χ1) is 7.59. The highest BCUT2D eigenvalue weighted by atomic mass is 16.5. The summed E-state index contributed by atoms with van der Waals surface area (Å²) in [5.74, 6) is 0.855. The maximum Gasteiger partial charge on any atom is 0.306 e. The quantitative estimate of drug-likeness (QED) is 0.548. The van der Waals surface area contributed by atoms with Crippen molar-refractivity contribution in [3.05, 3.63) is 18.2 Å². The van der Waals surface area contributed by atoms with Crippen molar-refractivity contribution in [3.8, 4) is 0 Å². The minimum Gasteiger partial charge on any atom is -0.463 e. The highest BCUT2D eigenvalue weighted by Crippen LogP contribution is 2.04. The van der Waals surface area contributed by atoms with E-state index in [1.54, 1.807) is 0 Å². The minimum atomic E-state index is -0.107. The van der Waals surface area contributed by atoms with E-state index in [0.29, 0.717) is 6.42 Å². The maximum absolute atomic E-state index is 11.2. The Labute approximate surface area is 96.6 Å². The fourth-order valence-corrected chi connectivity index (χ4v) is 1.45. The zero-order chi connectivity index (χ0) is 12.0. The summed E-state index contributed by atoms with van der Waals surface area (Å²) in [5.41, 5.74) is 0. The van der Waals surface area contributed by atoms with Crippen LogP contribution in [0, 0.1) is 13.1 Å². The van der Waals surface area contributed by atoms with E-state index in [1.165, 1.54) is 0 Å². The van der Waals surface area contributed by atoms with Gasteiger partial charge in [0.2, 0.25) is 0 Å². The molecule has 0 saturated heterocycles. The number of nitrogens with zero attached hydrogens (tertiary/aromatic N) is 2. The van der Waals surface area contributed by atoms with Crippen molar-refractivity contribution < 1.29 is 9.53 Å². The lowest BCUT2D eigenvalue weighted by molar-refractivity contribution is -0.147. The van der Waals surface area contributed by atoms with Crippen LogP contribution in [0.25, 0.3) is 0 Å². The van der Waals surface area contributed by atoms with Crippen LogP contribution in [-0.4, -0.2) is 21.6 Å². The fraction of sp³-hybridized carbons (Fsp3) is 0.667. The minimum absolute atomic E-state index is 0.0157. The Balaban J connectivity index is 2.13. The molecule has 1 aromatic rings. The number of esters is 1. The number of hydrogen-bond donors (Lipinski definition) is 0. The van der Waals surface area contributed by atoms with Crippen molar-refractivity contribution in [2.24, 2.45) is 0 Å². The van der Waals surface area contributed by atoms with Crippen molar-refractivity contribution in [2.75, 3.05) is 0 Å². The SMILES string of the molecule is Cc1n[c]cn1CCCCC(=O)OC(C)C. The van der Waals surface area contributed by atoms with Gasteiger partial charge in [-0.3, -0.25) is 4.79 Å². The van der Waals surface area contributed by atoms with Crippen LogP contribution in [0.1, 0.15) is 38.9 Å². The number of unbranched alkanes of at least 4 members (excludes halogenated alkanes) is 1. The zero-order valence-corrected chi connectivity index (χ0v) is 10.2. The van der Waals surface area contributed by atoms with E-state index in [1.807, 2.05) is 31.5 Å². The molecule has 1 aromatic heterocycles. The topological polar surface area (TPSA) is 44.1 Å². The summed E-state index contributed by atoms with van der Waals surface area (Å²) in [6, 6.07) is 0. The molecule has 0 aliphatic rings. The standard InChI is InChI=1S/C12H19N2O2/c1-10(2)16-12(15)6-4-5-8-14-9-7-13-11(14)3/h9-10H,4-6,8H2,1-3H3. The summed E-state index contributed by atoms with van der Waals surface area (Å²) in [5, 5.41) is 0. The average Bonchev–Trinajstić information content (AvgIpc) is 2.58. The lowest BCUT2D eigenvalue weighted by Crippen LogP contribution is -2.11. The van der Waals surface area contributed by atoms with E-state index in [2.05, 4.69) is 11.2 Å². The van der Waals surface area contributed by atoms with Crippen LogP contribution in [0.2, 0.25) is 0 Å². The van der Waals surface area contributed by atoms with Crippen molar-refractivity contribution in [1.29, 1.82) is 0 Å². The largest absolute Gasteiger partial charge is 0.463 e. The third-order valence-electron chi connectivity index (χ3n) is 2.25. The summed E-state index contributed by atoms with van der Waals surface area (Å²) in [6.45, 7) is 6.56. The van der Waals surface area contributed by atoms with Crippen LogP contribution in [0.15, 0.2) is 6.20 Å². The Bertz CT molecular complexity index is 332. The number of imidazole rings is 1. The van der Waals surface area contributed by atoms with Gasteiger partial charge >= 0.3 is 5.97 Å². The van der Waals surface area contributed by atoms with Gasteiger partial charge in [-0.25, -0.2) is 4.98 Å². The van der Waals surface area contributed by atoms with Crippen molar-refractivity contribution in [1.82, 2.24) is 9.55 Å². The number of aryl methyl sites for hydroxylation is 2. The molecule has 16 heavy (non-hydrogen) atoms. The van der Waals surface area contributed by atoms with E-state index >= 15 is 0 Å². The highest BCUT2D eigenvalue weighted by molar-refractivity contribution is 5.69. The fourth-order valence-electron chi connectivity index (χ4n) is 1.45. The Morgan fingerprint density at radius 2 is 2.31 bits per heavy atom. The molecule has 0 fully saturated rings. The van der Waals surface area contributed by atoms with Crippen LogP contribution < -0.4 is 0 Å². The lowest BCUT2D eigenvalue weighted by Gasteiger charge is -2.08. The molecule has 0 aliphatic carbocycles. The molecule has 4 nitrogen and oxygen atoms in total. The molecule has 0 saturated carbocycles. The second-order valence-corrected chi connectivity index (χ2v) is 4.11. The first-order valence-corrected chi connectivity index (χ1v) is 5.69. The Hall–Kier alpha value is -1.32.